The summed E-state index contributed by atoms with van der Waals surface area (Å²) in [6.45, 7) is 2.92. The van der Waals surface area contributed by atoms with Crippen LogP contribution in [0.3, 0.4) is 0 Å². The van der Waals surface area contributed by atoms with Gasteiger partial charge in [-0.2, -0.15) is 10.2 Å². The Kier molecular flexibility index (Phi) is 22.8. The molecule has 39 heavy (non-hydrogen) atoms. The molecule has 2 aromatic carbocycles. The van der Waals surface area contributed by atoms with Crippen LogP contribution in [0.5, 0.6) is 5.75 Å². The van der Waals surface area contributed by atoms with Crippen LogP contribution in [0.1, 0.15) is 81.5 Å². The molecule has 2 rings (SSSR count). The molecule has 0 saturated carbocycles. The van der Waals surface area contributed by atoms with Crippen molar-refractivity contribution in [1.82, 2.24) is 5.32 Å². The van der Waals surface area contributed by atoms with E-state index in [4.69, 9.17) is 4.74 Å². The van der Waals surface area contributed by atoms with Crippen molar-refractivity contribution in [3.05, 3.63) is 54.1 Å². The maximum atomic E-state index is 12.3. The van der Waals surface area contributed by atoms with E-state index >= 15 is 0 Å². The number of aliphatic carboxylic acids is 2. The van der Waals surface area contributed by atoms with E-state index in [-0.39, 0.29) is 115 Å². The number of carboxylic acids is 2. The fraction of sp³-hybridized carbons (Fsp3) is 0.464. The molecule has 1 amide bonds. The van der Waals surface area contributed by atoms with Crippen molar-refractivity contribution in [3.8, 4) is 5.75 Å². The van der Waals surface area contributed by atoms with E-state index in [1.165, 1.54) is 57.1 Å². The van der Waals surface area contributed by atoms with E-state index in [1.807, 2.05) is 12.1 Å². The minimum Gasteiger partial charge on any atom is -0.550 e. The van der Waals surface area contributed by atoms with E-state index in [1.54, 1.807) is 24.3 Å². The number of carboxylic acid groups (broad SMARTS) is 2. The second kappa shape index (κ2) is 23.1. The Hall–Kier alpha value is -0.477. The average Bonchev–Trinajstić information content (AvgIpc) is 2.89. The van der Waals surface area contributed by atoms with Crippen LogP contribution < -0.4 is 123 Å². The Bertz CT molecular complexity index is 1020. The number of ether oxygens (including phenoxy) is 1. The third-order valence-corrected chi connectivity index (χ3v) is 5.74. The second-order valence-corrected chi connectivity index (χ2v) is 8.82. The molecule has 0 fully saturated rings. The molecule has 0 aliphatic heterocycles. The number of benzene rings is 2. The van der Waals surface area contributed by atoms with Gasteiger partial charge in [0.15, 0.2) is 0 Å². The predicted octanol–water partition coefficient (Wildman–Crippen LogP) is -1.99. The zero-order chi connectivity index (χ0) is 26.9. The Morgan fingerprint density at radius 2 is 1.31 bits per heavy atom. The topological polar surface area (TPSA) is 143 Å². The zero-order valence-corrected chi connectivity index (χ0v) is 29.6. The molecule has 1 N–H and O–H groups in total. The van der Waals surface area contributed by atoms with E-state index in [0.717, 1.165) is 12.2 Å². The minimum absolute atomic E-state index is 0. The van der Waals surface area contributed by atoms with E-state index in [2.05, 4.69) is 22.5 Å². The summed E-state index contributed by atoms with van der Waals surface area (Å²) in [5, 5.41) is 32.2. The van der Waals surface area contributed by atoms with Crippen molar-refractivity contribution < 1.29 is 132 Å². The second-order valence-electron chi connectivity index (χ2n) is 8.82. The van der Waals surface area contributed by atoms with E-state index < -0.39 is 30.3 Å². The van der Waals surface area contributed by atoms with Gasteiger partial charge in [-0.05, 0) is 67.8 Å². The summed E-state index contributed by atoms with van der Waals surface area (Å²) < 4.78 is 5.79. The van der Waals surface area contributed by atoms with Crippen molar-refractivity contribution in [2.75, 3.05) is 6.61 Å². The molecule has 11 heteroatoms. The molecule has 0 aliphatic rings. The quantitative estimate of drug-likeness (QED) is 0.122. The summed E-state index contributed by atoms with van der Waals surface area (Å²) in [5.74, 6) is -2.86. The van der Waals surface area contributed by atoms with Gasteiger partial charge in [-0.15, -0.1) is 0 Å². The van der Waals surface area contributed by atoms with Gasteiger partial charge in [-0.3, -0.25) is 4.79 Å². The molecule has 0 heterocycles. The number of unbranched alkanes of at least 4 members (excludes halogenated alkanes) is 7. The SMILES string of the molecule is CCCCCCCCCCOc1ccc(N=Nc2ccc(C(=O)N[C@@H](CCC(=O)[O-])C(=O)[O-])cc2)cc1.[K+].[K+]. The van der Waals surface area contributed by atoms with Gasteiger partial charge in [0.1, 0.15) is 5.75 Å². The van der Waals surface area contributed by atoms with Crippen molar-refractivity contribution in [2.45, 2.75) is 77.2 Å². The van der Waals surface area contributed by atoms with E-state index in [9.17, 15) is 24.6 Å². The van der Waals surface area contributed by atoms with Crippen LogP contribution in [-0.4, -0.2) is 30.5 Å². The number of rotatable bonds is 18. The summed E-state index contributed by atoms with van der Waals surface area (Å²) in [7, 11) is 0. The summed E-state index contributed by atoms with van der Waals surface area (Å²) in [6.07, 6.45) is 9.19. The van der Waals surface area contributed by atoms with Crippen molar-refractivity contribution in [2.24, 2.45) is 10.2 Å². The Balaban J connectivity index is 0.00000722. The van der Waals surface area contributed by atoms with Gasteiger partial charge in [-0.1, -0.05) is 51.9 Å². The largest absolute Gasteiger partial charge is 1.00 e. The molecule has 0 aromatic heterocycles. The maximum Gasteiger partial charge on any atom is 1.00 e. The maximum absolute atomic E-state index is 12.3. The first kappa shape index (κ1) is 38.5. The molecule has 200 valence electrons. The van der Waals surface area contributed by atoms with Crippen molar-refractivity contribution in [1.29, 1.82) is 0 Å². The molecular formula is C28H35K2N3O6. The van der Waals surface area contributed by atoms with Gasteiger partial charge in [-0.25, -0.2) is 0 Å². The first-order chi connectivity index (χ1) is 17.9. The summed E-state index contributed by atoms with van der Waals surface area (Å²) >= 11 is 0. The number of carbonyl (C=O) groups excluding carboxylic acids is 3. The number of hydrogen-bond donors (Lipinski definition) is 1. The van der Waals surface area contributed by atoms with Crippen molar-refractivity contribution >= 4 is 29.2 Å². The predicted molar refractivity (Wildman–Crippen MR) is 136 cm³/mol. The third kappa shape index (κ3) is 17.2. The van der Waals surface area contributed by atoms with Crippen LogP contribution in [0.4, 0.5) is 11.4 Å². The molecule has 0 bridgehead atoms. The van der Waals surface area contributed by atoms with E-state index in [0.29, 0.717) is 18.0 Å². The molecule has 9 nitrogen and oxygen atoms in total. The molecule has 0 saturated heterocycles. The van der Waals surface area contributed by atoms with Gasteiger partial charge in [0.25, 0.3) is 5.91 Å². The standard InChI is InChI=1S/C28H37N3O6.2K/c1-2-3-4-5-6-7-8-9-20-37-24-16-14-23(15-17-24)31-30-22-12-10-21(11-13-22)27(34)29-25(28(35)36)18-19-26(32)33;;/h10-17,25H,2-9,18-20H2,1H3,(H,29,34)(H,32,33)(H,35,36);;/q;2*+1/p-2/t25-;;/m0../s1. The monoisotopic (exact) mass is 587 g/mol. The van der Waals surface area contributed by atoms with Crippen LogP contribution in [-0.2, 0) is 9.59 Å². The minimum atomic E-state index is -1.57. The number of azo groups is 1. The molecule has 0 aliphatic carbocycles. The Morgan fingerprint density at radius 3 is 1.82 bits per heavy atom. The van der Waals surface area contributed by atoms with Gasteiger partial charge in [0.2, 0.25) is 0 Å². The molecular weight excluding hydrogens is 553 g/mol. The number of nitrogens with one attached hydrogen (secondary N) is 1. The van der Waals surface area contributed by atoms with Gasteiger partial charge >= 0.3 is 103 Å². The Labute approximate surface area is 315 Å². The van der Waals surface area contributed by atoms with Gasteiger partial charge in [0, 0.05) is 11.5 Å². The number of carbonyl (C=O) groups is 3. The summed E-state index contributed by atoms with van der Waals surface area (Å²) in [6, 6.07) is 11.9. The van der Waals surface area contributed by atoms with Crippen LogP contribution >= 0.6 is 0 Å². The normalized spacial score (nSPS) is 11.2. The van der Waals surface area contributed by atoms with Gasteiger partial charge in [0.05, 0.1) is 30.0 Å². The van der Waals surface area contributed by atoms with Gasteiger partial charge < -0.3 is 29.9 Å². The first-order valence-corrected chi connectivity index (χ1v) is 12.8. The average molecular weight is 588 g/mol. The number of nitrogens with zero attached hydrogens (tertiary/aromatic N) is 2. The molecule has 0 spiro atoms. The Morgan fingerprint density at radius 1 is 0.795 bits per heavy atom. The van der Waals surface area contributed by atoms with Crippen LogP contribution in [0.15, 0.2) is 58.8 Å². The summed E-state index contributed by atoms with van der Waals surface area (Å²) in [5.41, 5.74) is 1.34. The number of amides is 1. The van der Waals surface area contributed by atoms with Crippen molar-refractivity contribution in [3.63, 3.8) is 0 Å². The number of hydrogen-bond acceptors (Lipinski definition) is 8. The zero-order valence-electron chi connectivity index (χ0n) is 23.3. The third-order valence-electron chi connectivity index (χ3n) is 5.74. The fourth-order valence-electron chi connectivity index (χ4n) is 3.58. The van der Waals surface area contributed by atoms with Crippen LogP contribution in [0, 0.1) is 0 Å². The smallest absolute Gasteiger partial charge is 0.550 e. The van der Waals surface area contributed by atoms with Crippen LogP contribution in [0.2, 0.25) is 0 Å². The molecule has 1 atom stereocenters. The molecule has 0 radical (unpaired) electrons. The first-order valence-electron chi connectivity index (χ1n) is 12.8. The molecule has 0 unspecified atom stereocenters. The fourth-order valence-corrected chi connectivity index (χ4v) is 3.58. The van der Waals surface area contributed by atoms with Crippen LogP contribution in [0.25, 0.3) is 0 Å². The summed E-state index contributed by atoms with van der Waals surface area (Å²) in [4.78, 5) is 33.9. The molecule has 2 aromatic rings.